The molecular formula is C21H23N5O2S2. The van der Waals surface area contributed by atoms with Gasteiger partial charge in [0.2, 0.25) is 5.91 Å². The van der Waals surface area contributed by atoms with Crippen LogP contribution in [0.15, 0.2) is 48.1 Å². The van der Waals surface area contributed by atoms with E-state index in [-0.39, 0.29) is 17.4 Å². The Bertz CT molecular complexity index is 1050. The number of nitrogens with zero attached hydrogens (tertiary/aromatic N) is 4. The molecule has 1 atom stereocenters. The summed E-state index contributed by atoms with van der Waals surface area (Å²) in [5.41, 5.74) is 1.82. The minimum Gasteiger partial charge on any atom is -0.350 e. The second-order valence-corrected chi connectivity index (χ2v) is 9.93. The van der Waals surface area contributed by atoms with Gasteiger partial charge in [-0.2, -0.15) is 5.10 Å². The Kier molecular flexibility index (Phi) is 5.66. The Morgan fingerprint density at radius 2 is 1.97 bits per heavy atom. The third-order valence-electron chi connectivity index (χ3n) is 4.52. The lowest BCUT2D eigenvalue weighted by Crippen LogP contribution is -2.52. The molecule has 4 rings (SSSR count). The highest BCUT2D eigenvalue weighted by Gasteiger charge is 2.37. The molecule has 3 aromatic rings. The molecule has 2 aromatic heterocycles. The number of thioether (sulfide) groups is 1. The number of aromatic nitrogens is 3. The van der Waals surface area contributed by atoms with Crippen LogP contribution >= 0.6 is 23.1 Å². The van der Waals surface area contributed by atoms with Gasteiger partial charge >= 0.3 is 0 Å². The van der Waals surface area contributed by atoms with Gasteiger partial charge in [0, 0.05) is 28.4 Å². The number of hydrogen-bond acceptors (Lipinski definition) is 6. The highest BCUT2D eigenvalue weighted by molar-refractivity contribution is 7.99. The molecule has 0 spiro atoms. The molecular weight excluding hydrogens is 418 g/mol. The first-order valence-corrected chi connectivity index (χ1v) is 11.6. The normalized spacial score (nSPS) is 16.6. The topological polar surface area (TPSA) is 80.1 Å². The summed E-state index contributed by atoms with van der Waals surface area (Å²) in [7, 11) is 0. The van der Waals surface area contributed by atoms with E-state index in [4.69, 9.17) is 0 Å². The molecule has 156 valence electrons. The highest BCUT2D eigenvalue weighted by atomic mass is 32.2. The van der Waals surface area contributed by atoms with Crippen LogP contribution in [0.2, 0.25) is 0 Å². The minimum absolute atomic E-state index is 0.125. The van der Waals surface area contributed by atoms with Crippen molar-refractivity contribution < 1.29 is 9.59 Å². The first kappa shape index (κ1) is 20.6. The van der Waals surface area contributed by atoms with E-state index in [1.807, 2.05) is 57.3 Å². The summed E-state index contributed by atoms with van der Waals surface area (Å²) in [4.78, 5) is 31.8. The monoisotopic (exact) mass is 441 g/mol. The Hall–Kier alpha value is -2.65. The van der Waals surface area contributed by atoms with Crippen molar-refractivity contribution in [1.29, 1.82) is 0 Å². The van der Waals surface area contributed by atoms with Gasteiger partial charge in [-0.25, -0.2) is 9.67 Å². The summed E-state index contributed by atoms with van der Waals surface area (Å²) < 4.78 is 1.78. The number of thiazole rings is 1. The minimum atomic E-state index is -0.479. The fourth-order valence-electron chi connectivity index (χ4n) is 3.12. The molecule has 0 bridgehead atoms. The van der Waals surface area contributed by atoms with Crippen LogP contribution in [0.5, 0.6) is 0 Å². The number of rotatable bonds is 4. The van der Waals surface area contributed by atoms with E-state index in [0.717, 1.165) is 16.3 Å². The van der Waals surface area contributed by atoms with E-state index in [1.54, 1.807) is 32.9 Å². The van der Waals surface area contributed by atoms with Gasteiger partial charge < -0.3 is 10.2 Å². The molecule has 1 aromatic carbocycles. The van der Waals surface area contributed by atoms with E-state index >= 15 is 0 Å². The molecule has 0 saturated carbocycles. The van der Waals surface area contributed by atoms with Gasteiger partial charge in [-0.1, -0.05) is 18.2 Å². The van der Waals surface area contributed by atoms with Gasteiger partial charge in [0.1, 0.15) is 16.7 Å². The maximum atomic E-state index is 13.1. The molecule has 1 aliphatic heterocycles. The number of benzene rings is 1. The molecule has 1 unspecified atom stereocenters. The van der Waals surface area contributed by atoms with E-state index < -0.39 is 6.04 Å². The molecule has 0 aliphatic carbocycles. The van der Waals surface area contributed by atoms with Crippen LogP contribution in [0.1, 0.15) is 31.3 Å². The van der Waals surface area contributed by atoms with Crippen molar-refractivity contribution in [2.75, 3.05) is 11.6 Å². The smallest absolute Gasteiger partial charge is 0.274 e. The fraction of sp³-hybridized carbons (Fsp3) is 0.333. The van der Waals surface area contributed by atoms with Crippen molar-refractivity contribution in [3.63, 3.8) is 0 Å². The largest absolute Gasteiger partial charge is 0.350 e. The molecule has 1 fully saturated rings. The van der Waals surface area contributed by atoms with Gasteiger partial charge in [-0.05, 0) is 32.9 Å². The molecule has 0 radical (unpaired) electrons. The first-order chi connectivity index (χ1) is 14.3. The van der Waals surface area contributed by atoms with Gasteiger partial charge in [-0.15, -0.1) is 23.1 Å². The zero-order valence-corrected chi connectivity index (χ0v) is 18.7. The Morgan fingerprint density at radius 1 is 1.20 bits per heavy atom. The number of para-hydroxylation sites is 1. The summed E-state index contributed by atoms with van der Waals surface area (Å²) in [5.74, 6) is 0.737. The molecule has 2 amide bonds. The number of amides is 2. The lowest BCUT2D eigenvalue weighted by atomic mass is 10.1. The average molecular weight is 442 g/mol. The lowest BCUT2D eigenvalue weighted by Gasteiger charge is -2.27. The van der Waals surface area contributed by atoms with Crippen molar-refractivity contribution in [2.24, 2.45) is 0 Å². The zero-order valence-electron chi connectivity index (χ0n) is 17.0. The third-order valence-corrected chi connectivity index (χ3v) is 6.42. The van der Waals surface area contributed by atoms with Crippen molar-refractivity contribution in [3.8, 4) is 16.3 Å². The predicted molar refractivity (Wildman–Crippen MR) is 120 cm³/mol. The summed E-state index contributed by atoms with van der Waals surface area (Å²) in [5, 5.41) is 9.84. The molecule has 1 aliphatic rings. The molecule has 3 heterocycles. The Morgan fingerprint density at radius 3 is 2.70 bits per heavy atom. The highest BCUT2D eigenvalue weighted by Crippen LogP contribution is 2.28. The third kappa shape index (κ3) is 4.41. The van der Waals surface area contributed by atoms with Crippen LogP contribution in [-0.2, 0) is 4.79 Å². The van der Waals surface area contributed by atoms with E-state index in [9.17, 15) is 9.59 Å². The van der Waals surface area contributed by atoms with E-state index in [1.165, 1.54) is 11.3 Å². The van der Waals surface area contributed by atoms with Gasteiger partial charge in [0.05, 0.1) is 17.8 Å². The molecule has 30 heavy (non-hydrogen) atoms. The molecule has 9 heteroatoms. The van der Waals surface area contributed by atoms with Crippen LogP contribution in [-0.4, -0.2) is 54.7 Å². The molecule has 1 N–H and O–H groups in total. The molecule has 7 nitrogen and oxygen atoms in total. The zero-order chi connectivity index (χ0) is 21.3. The first-order valence-electron chi connectivity index (χ1n) is 9.58. The predicted octanol–water partition coefficient (Wildman–Crippen LogP) is 3.43. The Balaban J connectivity index is 1.50. The van der Waals surface area contributed by atoms with Gasteiger partial charge in [0.15, 0.2) is 0 Å². The van der Waals surface area contributed by atoms with Crippen molar-refractivity contribution in [1.82, 2.24) is 25.0 Å². The average Bonchev–Trinajstić information content (AvgIpc) is 3.46. The SMILES string of the molecule is CC(C)(C)NC(=O)C1CSCN1C(=O)c1csc(-c2cnn(-c3ccccc3)c2)n1. The van der Waals surface area contributed by atoms with Crippen LogP contribution in [0.3, 0.4) is 0 Å². The van der Waals surface area contributed by atoms with E-state index in [0.29, 0.717) is 17.3 Å². The van der Waals surface area contributed by atoms with E-state index in [2.05, 4.69) is 15.4 Å². The summed E-state index contributed by atoms with van der Waals surface area (Å²) in [6.07, 6.45) is 3.64. The molecule has 1 saturated heterocycles. The number of carbonyl (C=O) groups excluding carboxylic acids is 2. The van der Waals surface area contributed by atoms with Crippen molar-refractivity contribution >= 4 is 34.9 Å². The van der Waals surface area contributed by atoms with Crippen LogP contribution in [0, 0.1) is 0 Å². The number of carbonyl (C=O) groups is 2. The van der Waals surface area contributed by atoms with Gasteiger partial charge in [-0.3, -0.25) is 9.59 Å². The summed E-state index contributed by atoms with van der Waals surface area (Å²) in [6.45, 7) is 5.80. The Labute approximate surface area is 183 Å². The lowest BCUT2D eigenvalue weighted by molar-refractivity contribution is -0.125. The van der Waals surface area contributed by atoms with Gasteiger partial charge in [0.25, 0.3) is 5.91 Å². The van der Waals surface area contributed by atoms with Crippen molar-refractivity contribution in [3.05, 3.63) is 53.8 Å². The maximum Gasteiger partial charge on any atom is 0.274 e. The van der Waals surface area contributed by atoms with Crippen molar-refractivity contribution in [2.45, 2.75) is 32.4 Å². The number of hydrogen-bond donors (Lipinski definition) is 1. The van der Waals surface area contributed by atoms with Crippen LogP contribution in [0.25, 0.3) is 16.3 Å². The van der Waals surface area contributed by atoms with Crippen LogP contribution < -0.4 is 5.32 Å². The summed E-state index contributed by atoms with van der Waals surface area (Å²) >= 11 is 2.98. The number of nitrogens with one attached hydrogen (secondary N) is 1. The van der Waals surface area contributed by atoms with Crippen LogP contribution in [0.4, 0.5) is 0 Å². The fourth-order valence-corrected chi connectivity index (χ4v) is 5.04. The quantitative estimate of drug-likeness (QED) is 0.671. The second-order valence-electron chi connectivity index (χ2n) is 8.08. The second kappa shape index (κ2) is 8.23. The standard InChI is InChI=1S/C21H23N5O2S2/c1-21(2,3)24-18(27)17-12-29-13-25(17)20(28)16-11-30-19(23-16)14-9-22-26(10-14)15-7-5-4-6-8-15/h4-11,17H,12-13H2,1-3H3,(H,24,27). The maximum absolute atomic E-state index is 13.1. The summed E-state index contributed by atoms with van der Waals surface area (Å²) in [6, 6.07) is 9.34.